The number of nitrogens with zero attached hydrogens (tertiary/aromatic N) is 4. The second kappa shape index (κ2) is 7.10. The molecule has 3 heterocycles. The minimum atomic E-state index is -0.419. The molecule has 0 spiro atoms. The lowest BCUT2D eigenvalue weighted by Gasteiger charge is -2.22. The molecule has 0 aliphatic carbocycles. The quantitative estimate of drug-likeness (QED) is 0.771. The maximum atomic E-state index is 6.00. The molecule has 126 valence electrons. The summed E-state index contributed by atoms with van der Waals surface area (Å²) < 4.78 is 13.0. The number of aromatic nitrogens is 4. The fourth-order valence-electron chi connectivity index (χ4n) is 2.89. The van der Waals surface area contributed by atoms with Crippen molar-refractivity contribution >= 4 is 17.0 Å². The van der Waals surface area contributed by atoms with Gasteiger partial charge in [0.2, 0.25) is 0 Å². The lowest BCUT2D eigenvalue weighted by Crippen LogP contribution is -2.29. The normalized spacial score (nSPS) is 17.5. The molecule has 1 saturated heterocycles. The molecular weight excluding hydrogens is 296 g/mol. The highest BCUT2D eigenvalue weighted by Gasteiger charge is 2.18. The summed E-state index contributed by atoms with van der Waals surface area (Å²) in [5.41, 5.74) is 7.33. The number of imidazole rings is 1. The molecule has 8 heteroatoms. The molecule has 3 rings (SSSR count). The van der Waals surface area contributed by atoms with Crippen molar-refractivity contribution < 1.29 is 9.47 Å². The van der Waals surface area contributed by atoms with E-state index in [0.717, 1.165) is 38.1 Å². The Bertz CT molecular complexity index is 653. The molecule has 1 unspecified atom stereocenters. The Hall–Kier alpha value is -1.93. The molecule has 2 aromatic rings. The van der Waals surface area contributed by atoms with Crippen molar-refractivity contribution in [2.24, 2.45) is 5.92 Å². The summed E-state index contributed by atoms with van der Waals surface area (Å²) in [6.07, 6.45) is 3.68. The molecule has 1 aliphatic heterocycles. The number of anilines is 1. The van der Waals surface area contributed by atoms with Crippen LogP contribution >= 0.6 is 0 Å². The van der Waals surface area contributed by atoms with Crippen LogP contribution in [0.2, 0.25) is 0 Å². The molecule has 0 amide bonds. The Morgan fingerprint density at radius 1 is 1.39 bits per heavy atom. The number of hydrogen-bond donors (Lipinski definition) is 2. The molecule has 1 fully saturated rings. The first-order valence-corrected chi connectivity index (χ1v) is 8.14. The molecule has 0 saturated carbocycles. The van der Waals surface area contributed by atoms with Gasteiger partial charge >= 0.3 is 6.01 Å². The molecule has 8 nitrogen and oxygen atoms in total. The van der Waals surface area contributed by atoms with Crippen LogP contribution in [0, 0.1) is 5.92 Å². The monoisotopic (exact) mass is 320 g/mol. The van der Waals surface area contributed by atoms with E-state index in [2.05, 4.69) is 20.3 Å². The maximum Gasteiger partial charge on any atom is 0.322 e. The lowest BCUT2D eigenvalue weighted by atomic mass is 9.98. The van der Waals surface area contributed by atoms with Crippen LogP contribution in [0.5, 0.6) is 6.01 Å². The molecule has 2 aromatic heterocycles. The average Bonchev–Trinajstić information content (AvgIpc) is 2.92. The van der Waals surface area contributed by atoms with Gasteiger partial charge in [0, 0.05) is 13.2 Å². The predicted molar refractivity (Wildman–Crippen MR) is 87.0 cm³/mol. The Morgan fingerprint density at radius 3 is 2.91 bits per heavy atom. The standard InChI is InChI=1S/C15H24N6O2/c1-3-22-10(2)23-15-19-13(16)12-14(20-15)21(9-18-12)8-11-4-6-17-7-5-11/h9-11,17H,3-8H2,1-2H3,(H2,16,19,20). The first kappa shape index (κ1) is 15.9. The third-order valence-electron chi connectivity index (χ3n) is 4.06. The van der Waals surface area contributed by atoms with Gasteiger partial charge in [-0.1, -0.05) is 0 Å². The fourth-order valence-corrected chi connectivity index (χ4v) is 2.89. The van der Waals surface area contributed by atoms with E-state index in [-0.39, 0.29) is 6.01 Å². The molecule has 0 bridgehead atoms. The molecule has 3 N–H and O–H groups in total. The highest BCUT2D eigenvalue weighted by atomic mass is 16.7. The van der Waals surface area contributed by atoms with E-state index in [0.29, 0.717) is 23.9 Å². The Morgan fingerprint density at radius 2 is 2.17 bits per heavy atom. The van der Waals surface area contributed by atoms with Gasteiger partial charge in [0.1, 0.15) is 0 Å². The van der Waals surface area contributed by atoms with Crippen molar-refractivity contribution in [1.29, 1.82) is 0 Å². The van der Waals surface area contributed by atoms with E-state index in [1.165, 1.54) is 0 Å². The van der Waals surface area contributed by atoms with Gasteiger partial charge in [-0.05, 0) is 45.7 Å². The van der Waals surface area contributed by atoms with Crippen molar-refractivity contribution in [3.05, 3.63) is 6.33 Å². The third kappa shape index (κ3) is 3.70. The minimum absolute atomic E-state index is 0.225. The molecule has 1 aliphatic rings. The number of hydrogen-bond acceptors (Lipinski definition) is 7. The second-order valence-corrected chi connectivity index (χ2v) is 5.79. The molecule has 23 heavy (non-hydrogen) atoms. The summed E-state index contributed by atoms with van der Waals surface area (Å²) >= 11 is 0. The Balaban J connectivity index is 1.83. The number of piperidine rings is 1. The number of nitrogens with one attached hydrogen (secondary N) is 1. The second-order valence-electron chi connectivity index (χ2n) is 5.79. The van der Waals surface area contributed by atoms with Crippen LogP contribution in [-0.2, 0) is 11.3 Å². The van der Waals surface area contributed by atoms with Crippen molar-refractivity contribution in [2.45, 2.75) is 39.5 Å². The van der Waals surface area contributed by atoms with Gasteiger partial charge in [0.05, 0.1) is 6.33 Å². The van der Waals surface area contributed by atoms with Crippen LogP contribution in [0.1, 0.15) is 26.7 Å². The molecule has 0 aromatic carbocycles. The van der Waals surface area contributed by atoms with E-state index in [9.17, 15) is 0 Å². The highest BCUT2D eigenvalue weighted by Crippen LogP contribution is 2.22. The van der Waals surface area contributed by atoms with Crippen LogP contribution in [0.3, 0.4) is 0 Å². The average molecular weight is 320 g/mol. The number of nitrogens with two attached hydrogens (primary N) is 1. The van der Waals surface area contributed by atoms with Crippen LogP contribution in [0.4, 0.5) is 5.82 Å². The van der Waals surface area contributed by atoms with Gasteiger partial charge in [0.15, 0.2) is 23.3 Å². The fraction of sp³-hybridized carbons (Fsp3) is 0.667. The highest BCUT2D eigenvalue weighted by molar-refractivity contribution is 5.81. The summed E-state index contributed by atoms with van der Waals surface area (Å²) in [5, 5.41) is 3.38. The van der Waals surface area contributed by atoms with Gasteiger partial charge in [-0.25, -0.2) is 4.98 Å². The van der Waals surface area contributed by atoms with E-state index in [4.69, 9.17) is 15.2 Å². The van der Waals surface area contributed by atoms with Gasteiger partial charge in [-0.15, -0.1) is 0 Å². The Labute approximate surface area is 135 Å². The van der Waals surface area contributed by atoms with E-state index in [1.54, 1.807) is 13.3 Å². The zero-order valence-electron chi connectivity index (χ0n) is 13.7. The summed E-state index contributed by atoms with van der Waals surface area (Å²) in [5.74, 6) is 0.953. The van der Waals surface area contributed by atoms with E-state index < -0.39 is 6.29 Å². The van der Waals surface area contributed by atoms with Crippen molar-refractivity contribution in [3.63, 3.8) is 0 Å². The van der Waals surface area contributed by atoms with Crippen LogP contribution < -0.4 is 15.8 Å². The minimum Gasteiger partial charge on any atom is -0.434 e. The van der Waals surface area contributed by atoms with Crippen molar-refractivity contribution in [2.75, 3.05) is 25.4 Å². The van der Waals surface area contributed by atoms with Crippen LogP contribution in [-0.4, -0.2) is 45.5 Å². The first-order valence-electron chi connectivity index (χ1n) is 8.14. The largest absolute Gasteiger partial charge is 0.434 e. The Kier molecular flexibility index (Phi) is 4.92. The van der Waals surface area contributed by atoms with E-state index in [1.807, 2.05) is 11.5 Å². The van der Waals surface area contributed by atoms with Crippen molar-refractivity contribution in [1.82, 2.24) is 24.8 Å². The zero-order valence-corrected chi connectivity index (χ0v) is 13.7. The smallest absolute Gasteiger partial charge is 0.322 e. The van der Waals surface area contributed by atoms with Crippen LogP contribution in [0.15, 0.2) is 6.33 Å². The number of nitrogen functional groups attached to an aromatic ring is 1. The number of fused-ring (bicyclic) bond motifs is 1. The van der Waals surface area contributed by atoms with Crippen LogP contribution in [0.25, 0.3) is 11.2 Å². The first-order chi connectivity index (χ1) is 11.2. The van der Waals surface area contributed by atoms with Gasteiger partial charge in [-0.3, -0.25) is 0 Å². The lowest BCUT2D eigenvalue weighted by molar-refractivity contribution is -0.0659. The predicted octanol–water partition coefficient (Wildman–Crippen LogP) is 1.17. The summed E-state index contributed by atoms with van der Waals surface area (Å²) in [6, 6.07) is 0.225. The number of rotatable bonds is 6. The topological polar surface area (TPSA) is 100 Å². The third-order valence-corrected chi connectivity index (χ3v) is 4.06. The zero-order chi connectivity index (χ0) is 16.2. The summed E-state index contributed by atoms with van der Waals surface area (Å²) in [7, 11) is 0. The van der Waals surface area contributed by atoms with Gasteiger partial charge in [-0.2, -0.15) is 9.97 Å². The molecular formula is C15H24N6O2. The summed E-state index contributed by atoms with van der Waals surface area (Å²) in [6.45, 7) is 7.29. The molecule has 0 radical (unpaired) electrons. The van der Waals surface area contributed by atoms with Gasteiger partial charge in [0.25, 0.3) is 0 Å². The number of ether oxygens (including phenoxy) is 2. The SMILES string of the molecule is CCOC(C)Oc1nc(N)c2ncn(CC3CCNCC3)c2n1. The van der Waals surface area contributed by atoms with E-state index >= 15 is 0 Å². The maximum absolute atomic E-state index is 6.00. The van der Waals surface area contributed by atoms with Gasteiger partial charge < -0.3 is 25.1 Å². The van der Waals surface area contributed by atoms with Crippen molar-refractivity contribution in [3.8, 4) is 6.01 Å². The molecule has 1 atom stereocenters. The summed E-state index contributed by atoms with van der Waals surface area (Å²) in [4.78, 5) is 13.0.